The van der Waals surface area contributed by atoms with Crippen LogP contribution in [0.1, 0.15) is 116 Å². The zero-order valence-corrected chi connectivity index (χ0v) is 23.3. The number of rotatable bonds is 23. The SMILES string of the molecule is CCCCCNC(=O)CCCCOc1cc(CCCC)cc(OCCCCC(=O)NCCCCC)c1. The molecule has 0 radical (unpaired) electrons. The third-order valence-electron chi connectivity index (χ3n) is 6.10. The molecule has 0 atom stereocenters. The summed E-state index contributed by atoms with van der Waals surface area (Å²) >= 11 is 0. The molecule has 0 aliphatic rings. The Kier molecular flexibility index (Phi) is 19.4. The number of ether oxygens (including phenoxy) is 2. The first-order valence-corrected chi connectivity index (χ1v) is 14.5. The third-order valence-corrected chi connectivity index (χ3v) is 6.10. The highest BCUT2D eigenvalue weighted by Gasteiger charge is 2.06. The van der Waals surface area contributed by atoms with Crippen LogP contribution < -0.4 is 20.1 Å². The summed E-state index contributed by atoms with van der Waals surface area (Å²) in [5, 5.41) is 5.98. The van der Waals surface area contributed by atoms with Crippen LogP contribution in [-0.4, -0.2) is 38.1 Å². The van der Waals surface area contributed by atoms with Crippen molar-refractivity contribution < 1.29 is 19.1 Å². The molecule has 0 spiro atoms. The van der Waals surface area contributed by atoms with Crippen molar-refractivity contribution in [2.24, 2.45) is 0 Å². The summed E-state index contributed by atoms with van der Waals surface area (Å²) in [6, 6.07) is 6.16. The quantitative estimate of drug-likeness (QED) is 0.162. The molecular weight excluding hydrogens is 452 g/mol. The molecule has 36 heavy (non-hydrogen) atoms. The van der Waals surface area contributed by atoms with Crippen molar-refractivity contribution in [1.82, 2.24) is 10.6 Å². The van der Waals surface area contributed by atoms with Gasteiger partial charge >= 0.3 is 0 Å². The van der Waals surface area contributed by atoms with E-state index in [1.165, 1.54) is 5.56 Å². The summed E-state index contributed by atoms with van der Waals surface area (Å²) < 4.78 is 12.0. The second kappa shape index (κ2) is 22.0. The number of benzene rings is 1. The summed E-state index contributed by atoms with van der Waals surface area (Å²) in [5.41, 5.74) is 1.22. The molecule has 0 heterocycles. The Morgan fingerprint density at radius 3 is 1.53 bits per heavy atom. The highest BCUT2D eigenvalue weighted by molar-refractivity contribution is 5.76. The number of aryl methyl sites for hydroxylation is 1. The molecule has 0 aliphatic carbocycles. The van der Waals surface area contributed by atoms with E-state index in [2.05, 4.69) is 43.5 Å². The fourth-order valence-electron chi connectivity index (χ4n) is 3.86. The minimum atomic E-state index is 0.136. The van der Waals surface area contributed by atoms with Gasteiger partial charge in [-0.05, 0) is 69.1 Å². The molecule has 6 nitrogen and oxygen atoms in total. The molecule has 0 bridgehead atoms. The van der Waals surface area contributed by atoms with Gasteiger partial charge in [0, 0.05) is 32.0 Å². The lowest BCUT2D eigenvalue weighted by Gasteiger charge is -2.13. The first-order chi connectivity index (χ1) is 17.6. The molecule has 1 aromatic carbocycles. The number of amides is 2. The Balaban J connectivity index is 2.35. The van der Waals surface area contributed by atoms with Gasteiger partial charge in [0.05, 0.1) is 13.2 Å². The van der Waals surface area contributed by atoms with Crippen molar-refractivity contribution in [1.29, 1.82) is 0 Å². The molecule has 0 unspecified atom stereocenters. The van der Waals surface area contributed by atoms with Gasteiger partial charge in [-0.15, -0.1) is 0 Å². The topological polar surface area (TPSA) is 76.7 Å². The third kappa shape index (κ3) is 17.2. The van der Waals surface area contributed by atoms with Crippen molar-refractivity contribution in [3.8, 4) is 11.5 Å². The van der Waals surface area contributed by atoms with Crippen LogP contribution in [-0.2, 0) is 16.0 Å². The van der Waals surface area contributed by atoms with Crippen LogP contribution in [0, 0.1) is 0 Å². The summed E-state index contributed by atoms with van der Waals surface area (Å²) in [7, 11) is 0. The number of nitrogens with one attached hydrogen (secondary N) is 2. The molecule has 1 aromatic rings. The van der Waals surface area contributed by atoms with E-state index in [1.54, 1.807) is 0 Å². The first-order valence-electron chi connectivity index (χ1n) is 14.5. The van der Waals surface area contributed by atoms with E-state index in [1.807, 2.05) is 6.07 Å². The maximum Gasteiger partial charge on any atom is 0.219 e. The van der Waals surface area contributed by atoms with E-state index >= 15 is 0 Å². The van der Waals surface area contributed by atoms with Gasteiger partial charge in [0.25, 0.3) is 0 Å². The second-order valence-corrected chi connectivity index (χ2v) is 9.64. The van der Waals surface area contributed by atoms with Gasteiger partial charge in [-0.1, -0.05) is 52.9 Å². The van der Waals surface area contributed by atoms with Gasteiger partial charge in [0.15, 0.2) is 0 Å². The highest BCUT2D eigenvalue weighted by Crippen LogP contribution is 2.25. The van der Waals surface area contributed by atoms with Gasteiger partial charge in [0.1, 0.15) is 11.5 Å². The first kappa shape index (κ1) is 31.8. The molecule has 0 fully saturated rings. The molecule has 0 aliphatic heterocycles. The summed E-state index contributed by atoms with van der Waals surface area (Å²) in [6.07, 6.45) is 14.5. The molecule has 2 N–H and O–H groups in total. The number of carbonyl (C=O) groups is 2. The molecule has 206 valence electrons. The molecule has 0 saturated heterocycles. The van der Waals surface area contributed by atoms with Crippen LogP contribution in [0.2, 0.25) is 0 Å². The lowest BCUT2D eigenvalue weighted by atomic mass is 10.1. The van der Waals surface area contributed by atoms with Crippen LogP contribution in [0.5, 0.6) is 11.5 Å². The largest absolute Gasteiger partial charge is 0.493 e. The van der Waals surface area contributed by atoms with Crippen molar-refractivity contribution >= 4 is 11.8 Å². The predicted molar refractivity (Wildman–Crippen MR) is 149 cm³/mol. The van der Waals surface area contributed by atoms with Crippen LogP contribution in [0.4, 0.5) is 0 Å². The van der Waals surface area contributed by atoms with Crippen molar-refractivity contribution in [3.05, 3.63) is 23.8 Å². The lowest BCUT2D eigenvalue weighted by Crippen LogP contribution is -2.24. The van der Waals surface area contributed by atoms with E-state index in [-0.39, 0.29) is 11.8 Å². The molecule has 6 heteroatoms. The Labute approximate surface area is 220 Å². The van der Waals surface area contributed by atoms with E-state index < -0.39 is 0 Å². The van der Waals surface area contributed by atoms with E-state index in [4.69, 9.17) is 9.47 Å². The minimum absolute atomic E-state index is 0.136. The molecule has 1 rings (SSSR count). The second-order valence-electron chi connectivity index (χ2n) is 9.64. The van der Waals surface area contributed by atoms with Crippen molar-refractivity contribution in [2.45, 2.75) is 117 Å². The van der Waals surface area contributed by atoms with E-state index in [0.717, 1.165) is 108 Å². The van der Waals surface area contributed by atoms with Crippen LogP contribution in [0.25, 0.3) is 0 Å². The minimum Gasteiger partial charge on any atom is -0.493 e. The smallest absolute Gasteiger partial charge is 0.219 e. The average molecular weight is 505 g/mol. The van der Waals surface area contributed by atoms with Gasteiger partial charge in [-0.3, -0.25) is 9.59 Å². The molecule has 0 saturated carbocycles. The maximum absolute atomic E-state index is 11.9. The van der Waals surface area contributed by atoms with Gasteiger partial charge in [-0.25, -0.2) is 0 Å². The average Bonchev–Trinajstić information content (AvgIpc) is 2.87. The van der Waals surface area contributed by atoms with Crippen molar-refractivity contribution in [3.63, 3.8) is 0 Å². The standard InChI is InChI=1S/C30H52N2O4/c1-4-7-12-19-31-29(33)17-10-14-21-35-27-23-26(16-9-6-3)24-28(25-27)36-22-15-11-18-30(34)32-20-13-8-5-2/h23-25H,4-22H2,1-3H3,(H,31,33)(H,32,34). The molecule has 0 aromatic heterocycles. The predicted octanol–water partition coefficient (Wildman–Crippen LogP) is 6.74. The number of hydrogen-bond donors (Lipinski definition) is 2. The Bertz CT molecular complexity index is 656. The fourth-order valence-corrected chi connectivity index (χ4v) is 3.86. The monoisotopic (exact) mass is 504 g/mol. The number of carbonyl (C=O) groups excluding carboxylic acids is 2. The Morgan fingerprint density at radius 1 is 0.611 bits per heavy atom. The zero-order valence-electron chi connectivity index (χ0n) is 23.3. The highest BCUT2D eigenvalue weighted by atomic mass is 16.5. The summed E-state index contributed by atoms with van der Waals surface area (Å²) in [6.45, 7) is 9.26. The lowest BCUT2D eigenvalue weighted by molar-refractivity contribution is -0.122. The summed E-state index contributed by atoms with van der Waals surface area (Å²) in [5.74, 6) is 1.93. The molecular formula is C30H52N2O4. The van der Waals surface area contributed by atoms with Crippen LogP contribution >= 0.6 is 0 Å². The van der Waals surface area contributed by atoms with Gasteiger partial charge in [0.2, 0.25) is 11.8 Å². The van der Waals surface area contributed by atoms with E-state index in [0.29, 0.717) is 26.1 Å². The van der Waals surface area contributed by atoms with Crippen molar-refractivity contribution in [2.75, 3.05) is 26.3 Å². The Hall–Kier alpha value is -2.24. The molecule has 2 amide bonds. The number of hydrogen-bond acceptors (Lipinski definition) is 4. The van der Waals surface area contributed by atoms with Crippen LogP contribution in [0.3, 0.4) is 0 Å². The fraction of sp³-hybridized carbons (Fsp3) is 0.733. The Morgan fingerprint density at radius 2 is 1.08 bits per heavy atom. The van der Waals surface area contributed by atoms with Gasteiger partial charge < -0.3 is 20.1 Å². The van der Waals surface area contributed by atoms with E-state index in [9.17, 15) is 9.59 Å². The normalized spacial score (nSPS) is 10.8. The number of unbranched alkanes of at least 4 members (excludes halogenated alkanes) is 7. The van der Waals surface area contributed by atoms with Gasteiger partial charge in [-0.2, -0.15) is 0 Å². The van der Waals surface area contributed by atoms with Crippen LogP contribution in [0.15, 0.2) is 18.2 Å². The maximum atomic E-state index is 11.9. The zero-order chi connectivity index (χ0) is 26.3. The summed E-state index contributed by atoms with van der Waals surface area (Å²) in [4.78, 5) is 23.8.